The van der Waals surface area contributed by atoms with E-state index in [2.05, 4.69) is 41.2 Å². The molecule has 0 aliphatic carbocycles. The van der Waals surface area contributed by atoms with Crippen LogP contribution in [0.25, 0.3) is 0 Å². The number of halogens is 1. The number of aryl methyl sites for hydroxylation is 2. The summed E-state index contributed by atoms with van der Waals surface area (Å²) in [4.78, 5) is 16.9. The number of hydrogen-bond donors (Lipinski definition) is 0. The summed E-state index contributed by atoms with van der Waals surface area (Å²) in [6.45, 7) is 10.4. The highest BCUT2D eigenvalue weighted by Gasteiger charge is 2.22. The van der Waals surface area contributed by atoms with Crippen molar-refractivity contribution in [2.24, 2.45) is 0 Å². The minimum atomic E-state index is 0.109. The monoisotopic (exact) mass is 360 g/mol. The number of carbonyl (C=O) groups excluding carboxylic acids is 1. The molecule has 1 aliphatic heterocycles. The number of piperazine rings is 1. The Morgan fingerprint density at radius 3 is 2.40 bits per heavy atom. The van der Waals surface area contributed by atoms with Crippen molar-refractivity contribution in [3.05, 3.63) is 51.8 Å². The van der Waals surface area contributed by atoms with Crippen LogP contribution in [0.1, 0.15) is 22.5 Å². The van der Waals surface area contributed by atoms with Crippen LogP contribution in [-0.2, 0) is 17.9 Å². The zero-order chi connectivity index (χ0) is 18.0. The molecule has 3 rings (SSSR count). The smallest absolute Gasteiger partial charge is 0.244 e. The number of hydrogen-bond acceptors (Lipinski definition) is 3. The van der Waals surface area contributed by atoms with E-state index >= 15 is 0 Å². The molecular formula is C19H25ClN4O. The van der Waals surface area contributed by atoms with Crippen LogP contribution < -0.4 is 0 Å². The third-order valence-electron chi connectivity index (χ3n) is 4.96. The maximum Gasteiger partial charge on any atom is 0.244 e. The molecule has 1 saturated heterocycles. The van der Waals surface area contributed by atoms with Crippen LogP contribution in [0.15, 0.2) is 24.3 Å². The summed E-state index contributed by atoms with van der Waals surface area (Å²) in [5.41, 5.74) is 4.31. The lowest BCUT2D eigenvalue weighted by atomic mass is 10.1. The summed E-state index contributed by atoms with van der Waals surface area (Å²) < 4.78 is 1.71. The van der Waals surface area contributed by atoms with E-state index in [9.17, 15) is 4.79 Å². The minimum Gasteiger partial charge on any atom is -0.339 e. The number of nitrogens with zero attached hydrogens (tertiary/aromatic N) is 4. The molecule has 0 spiro atoms. The van der Waals surface area contributed by atoms with Gasteiger partial charge in [0.15, 0.2) is 0 Å². The van der Waals surface area contributed by atoms with E-state index in [1.807, 2.05) is 18.7 Å². The Morgan fingerprint density at radius 2 is 1.80 bits per heavy atom. The molecule has 1 aromatic carbocycles. The van der Waals surface area contributed by atoms with Gasteiger partial charge in [0.05, 0.1) is 16.4 Å². The molecule has 6 heteroatoms. The van der Waals surface area contributed by atoms with E-state index in [4.69, 9.17) is 11.6 Å². The largest absolute Gasteiger partial charge is 0.339 e. The van der Waals surface area contributed by atoms with E-state index in [0.717, 1.165) is 44.1 Å². The Balaban J connectivity index is 1.54. The van der Waals surface area contributed by atoms with Crippen LogP contribution in [0, 0.1) is 20.8 Å². The van der Waals surface area contributed by atoms with Crippen LogP contribution in [0.5, 0.6) is 0 Å². The van der Waals surface area contributed by atoms with Crippen molar-refractivity contribution < 1.29 is 4.79 Å². The molecule has 0 bridgehead atoms. The minimum absolute atomic E-state index is 0.109. The van der Waals surface area contributed by atoms with Crippen LogP contribution in [0.2, 0.25) is 5.02 Å². The Hall–Kier alpha value is -1.85. The highest BCUT2D eigenvalue weighted by atomic mass is 35.5. The van der Waals surface area contributed by atoms with Crippen molar-refractivity contribution >= 4 is 17.5 Å². The molecular weight excluding hydrogens is 336 g/mol. The molecule has 1 aromatic heterocycles. The van der Waals surface area contributed by atoms with E-state index in [-0.39, 0.29) is 12.5 Å². The Labute approximate surface area is 154 Å². The van der Waals surface area contributed by atoms with Crippen LogP contribution in [0.4, 0.5) is 0 Å². The van der Waals surface area contributed by atoms with Gasteiger partial charge in [-0.1, -0.05) is 35.9 Å². The van der Waals surface area contributed by atoms with Crippen molar-refractivity contribution in [1.29, 1.82) is 0 Å². The molecule has 2 aromatic rings. The first kappa shape index (κ1) is 18.0. The average Bonchev–Trinajstić information content (AvgIpc) is 2.84. The summed E-state index contributed by atoms with van der Waals surface area (Å²) in [6.07, 6.45) is 0. The molecule has 0 atom stereocenters. The van der Waals surface area contributed by atoms with Gasteiger partial charge in [-0.2, -0.15) is 5.10 Å². The summed E-state index contributed by atoms with van der Waals surface area (Å²) >= 11 is 6.16. The Kier molecular flexibility index (Phi) is 5.45. The van der Waals surface area contributed by atoms with Crippen LogP contribution in [-0.4, -0.2) is 51.7 Å². The summed E-state index contributed by atoms with van der Waals surface area (Å²) in [6, 6.07) is 8.48. The fourth-order valence-electron chi connectivity index (χ4n) is 3.24. The van der Waals surface area contributed by atoms with Crippen molar-refractivity contribution in [2.45, 2.75) is 33.9 Å². The third kappa shape index (κ3) is 4.05. The first-order valence-corrected chi connectivity index (χ1v) is 9.07. The number of aromatic nitrogens is 2. The quantitative estimate of drug-likeness (QED) is 0.841. The molecule has 134 valence electrons. The number of carbonyl (C=O) groups is 1. The third-order valence-corrected chi connectivity index (χ3v) is 5.51. The van der Waals surface area contributed by atoms with Crippen LogP contribution in [0.3, 0.4) is 0 Å². The molecule has 0 N–H and O–H groups in total. The normalized spacial score (nSPS) is 15.6. The van der Waals surface area contributed by atoms with Gasteiger partial charge in [0.1, 0.15) is 6.54 Å². The summed E-state index contributed by atoms with van der Waals surface area (Å²) in [5.74, 6) is 0.109. The van der Waals surface area contributed by atoms with Crippen molar-refractivity contribution in [1.82, 2.24) is 19.6 Å². The van der Waals surface area contributed by atoms with Gasteiger partial charge in [-0.25, -0.2) is 0 Å². The Bertz CT molecular complexity index is 763. The van der Waals surface area contributed by atoms with Gasteiger partial charge in [-0.05, 0) is 31.9 Å². The van der Waals surface area contributed by atoms with Gasteiger partial charge in [-0.15, -0.1) is 0 Å². The molecule has 5 nitrogen and oxygen atoms in total. The van der Waals surface area contributed by atoms with Gasteiger partial charge in [-0.3, -0.25) is 14.4 Å². The van der Waals surface area contributed by atoms with Gasteiger partial charge < -0.3 is 4.90 Å². The lowest BCUT2D eigenvalue weighted by Gasteiger charge is -2.35. The standard InChI is InChI=1S/C19H25ClN4O/c1-14-6-4-5-7-17(14)12-22-8-10-23(11-9-22)18(25)13-24-16(3)19(20)15(2)21-24/h4-7H,8-13H2,1-3H3. The zero-order valence-corrected chi connectivity index (χ0v) is 15.9. The number of amides is 1. The lowest BCUT2D eigenvalue weighted by Crippen LogP contribution is -2.49. The molecule has 0 saturated carbocycles. The molecule has 2 heterocycles. The molecule has 25 heavy (non-hydrogen) atoms. The van der Waals surface area contributed by atoms with Gasteiger partial charge in [0.25, 0.3) is 0 Å². The van der Waals surface area contributed by atoms with Gasteiger partial charge in [0.2, 0.25) is 5.91 Å². The SMILES string of the molecule is Cc1ccccc1CN1CCN(C(=O)Cn2nc(C)c(Cl)c2C)CC1. The van der Waals surface area contributed by atoms with E-state index < -0.39 is 0 Å². The molecule has 0 radical (unpaired) electrons. The van der Waals surface area contributed by atoms with Crippen molar-refractivity contribution in [3.8, 4) is 0 Å². The second kappa shape index (κ2) is 7.58. The molecule has 1 fully saturated rings. The molecule has 1 amide bonds. The second-order valence-electron chi connectivity index (χ2n) is 6.73. The predicted octanol–water partition coefficient (Wildman–Crippen LogP) is 2.81. The van der Waals surface area contributed by atoms with E-state index in [1.165, 1.54) is 11.1 Å². The maximum absolute atomic E-state index is 12.6. The van der Waals surface area contributed by atoms with E-state index in [1.54, 1.807) is 4.68 Å². The summed E-state index contributed by atoms with van der Waals surface area (Å²) in [7, 11) is 0. The lowest BCUT2D eigenvalue weighted by molar-refractivity contribution is -0.133. The molecule has 0 unspecified atom stereocenters. The number of rotatable bonds is 4. The highest BCUT2D eigenvalue weighted by Crippen LogP contribution is 2.19. The maximum atomic E-state index is 12.6. The van der Waals surface area contributed by atoms with Gasteiger partial charge in [0, 0.05) is 32.7 Å². The van der Waals surface area contributed by atoms with Gasteiger partial charge >= 0.3 is 0 Å². The first-order chi connectivity index (χ1) is 12.0. The second-order valence-corrected chi connectivity index (χ2v) is 7.10. The fraction of sp³-hybridized carbons (Fsp3) is 0.474. The number of benzene rings is 1. The van der Waals surface area contributed by atoms with Crippen LogP contribution >= 0.6 is 11.6 Å². The average molecular weight is 361 g/mol. The predicted molar refractivity (Wildman–Crippen MR) is 99.7 cm³/mol. The van der Waals surface area contributed by atoms with Crippen molar-refractivity contribution in [2.75, 3.05) is 26.2 Å². The zero-order valence-electron chi connectivity index (χ0n) is 15.1. The van der Waals surface area contributed by atoms with Crippen molar-refractivity contribution in [3.63, 3.8) is 0 Å². The fourth-order valence-corrected chi connectivity index (χ4v) is 3.38. The molecule has 1 aliphatic rings. The summed E-state index contributed by atoms with van der Waals surface area (Å²) in [5, 5.41) is 5.00. The highest BCUT2D eigenvalue weighted by molar-refractivity contribution is 6.31. The first-order valence-electron chi connectivity index (χ1n) is 8.70. The Morgan fingerprint density at radius 1 is 1.12 bits per heavy atom. The topological polar surface area (TPSA) is 41.4 Å². The van der Waals surface area contributed by atoms with E-state index in [0.29, 0.717) is 5.02 Å².